The molecule has 0 aromatic carbocycles. The van der Waals surface area contributed by atoms with Crippen LogP contribution < -0.4 is 11.1 Å². The molecular formula is C13H25N3O2. The Labute approximate surface area is 109 Å². The molecule has 2 saturated heterocycles. The molecule has 2 aliphatic heterocycles. The zero-order chi connectivity index (χ0) is 13.1. The fraction of sp³-hybridized carbons (Fsp3) is 0.923. The lowest BCUT2D eigenvalue weighted by atomic mass is 9.98. The highest BCUT2D eigenvalue weighted by Gasteiger charge is 2.40. The van der Waals surface area contributed by atoms with Gasteiger partial charge in [0.25, 0.3) is 0 Å². The van der Waals surface area contributed by atoms with E-state index in [1.165, 1.54) is 12.8 Å². The molecular weight excluding hydrogens is 230 g/mol. The van der Waals surface area contributed by atoms with Crippen LogP contribution in [-0.2, 0) is 9.53 Å². The molecule has 0 aliphatic carbocycles. The predicted molar refractivity (Wildman–Crippen MR) is 70.2 cm³/mol. The fourth-order valence-electron chi connectivity index (χ4n) is 3.35. The molecule has 5 heteroatoms. The second kappa shape index (κ2) is 5.99. The predicted octanol–water partition coefficient (Wildman–Crippen LogP) is 0.0916. The van der Waals surface area contributed by atoms with Crippen LogP contribution in [-0.4, -0.2) is 55.2 Å². The summed E-state index contributed by atoms with van der Waals surface area (Å²) >= 11 is 0. The largest absolute Gasteiger partial charge is 0.383 e. The van der Waals surface area contributed by atoms with Gasteiger partial charge in [0.05, 0.1) is 13.2 Å². The third-order valence-corrected chi connectivity index (χ3v) is 4.07. The molecule has 0 saturated carbocycles. The van der Waals surface area contributed by atoms with Crippen LogP contribution in [0.1, 0.15) is 32.6 Å². The van der Waals surface area contributed by atoms with E-state index in [4.69, 9.17) is 10.5 Å². The van der Waals surface area contributed by atoms with E-state index in [9.17, 15) is 4.79 Å². The zero-order valence-electron chi connectivity index (χ0n) is 11.4. The Morgan fingerprint density at radius 3 is 2.61 bits per heavy atom. The molecule has 3 atom stereocenters. The third-order valence-electron chi connectivity index (χ3n) is 4.07. The first-order chi connectivity index (χ1) is 8.60. The third kappa shape index (κ3) is 3.22. The molecule has 3 unspecified atom stereocenters. The number of ether oxygens (including phenoxy) is 1. The molecule has 18 heavy (non-hydrogen) atoms. The molecule has 2 rings (SSSR count). The standard InChI is InChI=1S/C13H25N3O2/c1-9(8-18-2)15-13(17)7-16-11-3-4-12(16)6-10(14)5-11/h9-12H,3-8,14H2,1-2H3,(H,15,17). The summed E-state index contributed by atoms with van der Waals surface area (Å²) in [5, 5.41) is 2.97. The van der Waals surface area contributed by atoms with Crippen molar-refractivity contribution in [2.75, 3.05) is 20.3 Å². The van der Waals surface area contributed by atoms with Crippen LogP contribution in [0.3, 0.4) is 0 Å². The van der Waals surface area contributed by atoms with Crippen LogP contribution in [0, 0.1) is 0 Å². The van der Waals surface area contributed by atoms with E-state index >= 15 is 0 Å². The molecule has 1 amide bonds. The number of nitrogens with zero attached hydrogens (tertiary/aromatic N) is 1. The van der Waals surface area contributed by atoms with Gasteiger partial charge in [-0.1, -0.05) is 0 Å². The lowest BCUT2D eigenvalue weighted by Crippen LogP contribution is -2.51. The first-order valence-corrected chi connectivity index (χ1v) is 6.89. The second-order valence-corrected chi connectivity index (χ2v) is 5.71. The maximum absolute atomic E-state index is 12.0. The van der Waals surface area contributed by atoms with E-state index in [1.807, 2.05) is 6.92 Å². The van der Waals surface area contributed by atoms with Gasteiger partial charge in [0.2, 0.25) is 5.91 Å². The summed E-state index contributed by atoms with van der Waals surface area (Å²) in [5.41, 5.74) is 6.03. The van der Waals surface area contributed by atoms with Gasteiger partial charge in [-0.2, -0.15) is 0 Å². The second-order valence-electron chi connectivity index (χ2n) is 5.71. The highest BCUT2D eigenvalue weighted by molar-refractivity contribution is 5.78. The lowest BCUT2D eigenvalue weighted by Gasteiger charge is -2.37. The van der Waals surface area contributed by atoms with Crippen molar-refractivity contribution in [1.29, 1.82) is 0 Å². The van der Waals surface area contributed by atoms with Gasteiger partial charge in [0, 0.05) is 31.3 Å². The number of fused-ring (bicyclic) bond motifs is 2. The SMILES string of the molecule is COCC(C)NC(=O)CN1C2CCC1CC(N)C2. The zero-order valence-corrected chi connectivity index (χ0v) is 11.4. The minimum absolute atomic E-state index is 0.0761. The van der Waals surface area contributed by atoms with Crippen molar-refractivity contribution in [3.05, 3.63) is 0 Å². The average Bonchev–Trinajstić information content (AvgIpc) is 2.54. The number of amides is 1. The van der Waals surface area contributed by atoms with Crippen LogP contribution in [0.25, 0.3) is 0 Å². The maximum atomic E-state index is 12.0. The van der Waals surface area contributed by atoms with Crippen LogP contribution >= 0.6 is 0 Å². The van der Waals surface area contributed by atoms with Crippen LogP contribution in [0.4, 0.5) is 0 Å². The first kappa shape index (κ1) is 13.8. The molecule has 0 spiro atoms. The lowest BCUT2D eigenvalue weighted by molar-refractivity contribution is -0.124. The van der Waals surface area contributed by atoms with Gasteiger partial charge in [-0.25, -0.2) is 0 Å². The highest BCUT2D eigenvalue weighted by Crippen LogP contribution is 2.34. The molecule has 2 bridgehead atoms. The van der Waals surface area contributed by atoms with E-state index < -0.39 is 0 Å². The number of hydrogen-bond acceptors (Lipinski definition) is 4. The Morgan fingerprint density at radius 2 is 2.06 bits per heavy atom. The Hall–Kier alpha value is -0.650. The Bertz CT molecular complexity index is 284. The molecule has 3 N–H and O–H groups in total. The van der Waals surface area contributed by atoms with Crippen molar-refractivity contribution in [1.82, 2.24) is 10.2 Å². The Morgan fingerprint density at radius 1 is 1.44 bits per heavy atom. The van der Waals surface area contributed by atoms with Gasteiger partial charge in [0.1, 0.15) is 0 Å². The van der Waals surface area contributed by atoms with Gasteiger partial charge in [-0.15, -0.1) is 0 Å². The van der Waals surface area contributed by atoms with Crippen LogP contribution in [0.5, 0.6) is 0 Å². The van der Waals surface area contributed by atoms with E-state index in [0.717, 1.165) is 12.8 Å². The number of hydrogen-bond donors (Lipinski definition) is 2. The van der Waals surface area contributed by atoms with Crippen molar-refractivity contribution in [2.24, 2.45) is 5.73 Å². The normalized spacial score (nSPS) is 33.4. The molecule has 5 nitrogen and oxygen atoms in total. The number of nitrogens with one attached hydrogen (secondary N) is 1. The van der Waals surface area contributed by atoms with Crippen LogP contribution in [0.2, 0.25) is 0 Å². The van der Waals surface area contributed by atoms with Gasteiger partial charge < -0.3 is 15.8 Å². The van der Waals surface area contributed by atoms with E-state index in [1.54, 1.807) is 7.11 Å². The van der Waals surface area contributed by atoms with Gasteiger partial charge in [-0.3, -0.25) is 9.69 Å². The summed E-state index contributed by atoms with van der Waals surface area (Å²) < 4.78 is 5.02. The van der Waals surface area contributed by atoms with E-state index in [-0.39, 0.29) is 11.9 Å². The van der Waals surface area contributed by atoms with Crippen molar-refractivity contribution in [2.45, 2.75) is 56.8 Å². The van der Waals surface area contributed by atoms with Crippen LogP contribution in [0.15, 0.2) is 0 Å². The summed E-state index contributed by atoms with van der Waals surface area (Å²) in [6.07, 6.45) is 4.47. The van der Waals surface area contributed by atoms with Gasteiger partial charge in [-0.05, 0) is 32.6 Å². The molecule has 0 radical (unpaired) electrons. The quantitative estimate of drug-likeness (QED) is 0.731. The number of rotatable bonds is 5. The molecule has 104 valence electrons. The Balaban J connectivity index is 1.81. The summed E-state index contributed by atoms with van der Waals surface area (Å²) in [7, 11) is 1.65. The number of piperidine rings is 1. The molecule has 2 aliphatic rings. The molecule has 2 heterocycles. The van der Waals surface area contributed by atoms with Crippen molar-refractivity contribution < 1.29 is 9.53 Å². The van der Waals surface area contributed by atoms with E-state index in [2.05, 4.69) is 10.2 Å². The Kier molecular flexibility index (Phi) is 4.59. The van der Waals surface area contributed by atoms with Gasteiger partial charge in [0.15, 0.2) is 0 Å². The number of carbonyl (C=O) groups is 1. The number of carbonyl (C=O) groups excluding carboxylic acids is 1. The fourth-order valence-corrected chi connectivity index (χ4v) is 3.35. The number of methoxy groups -OCH3 is 1. The minimum atomic E-state index is 0.0761. The van der Waals surface area contributed by atoms with Crippen molar-refractivity contribution >= 4 is 5.91 Å². The monoisotopic (exact) mass is 255 g/mol. The summed E-state index contributed by atoms with van der Waals surface area (Å²) in [6.45, 7) is 3.03. The molecule has 2 fully saturated rings. The first-order valence-electron chi connectivity index (χ1n) is 6.89. The van der Waals surface area contributed by atoms with Crippen molar-refractivity contribution in [3.8, 4) is 0 Å². The molecule has 0 aromatic heterocycles. The summed E-state index contributed by atoms with van der Waals surface area (Å²) in [4.78, 5) is 14.3. The summed E-state index contributed by atoms with van der Waals surface area (Å²) in [6, 6.07) is 1.44. The maximum Gasteiger partial charge on any atom is 0.234 e. The smallest absolute Gasteiger partial charge is 0.234 e. The average molecular weight is 255 g/mol. The van der Waals surface area contributed by atoms with Crippen molar-refractivity contribution in [3.63, 3.8) is 0 Å². The topological polar surface area (TPSA) is 67.6 Å². The van der Waals surface area contributed by atoms with E-state index in [0.29, 0.717) is 31.3 Å². The minimum Gasteiger partial charge on any atom is -0.383 e. The highest BCUT2D eigenvalue weighted by atomic mass is 16.5. The van der Waals surface area contributed by atoms with Gasteiger partial charge >= 0.3 is 0 Å². The number of nitrogens with two attached hydrogens (primary N) is 1. The summed E-state index contributed by atoms with van der Waals surface area (Å²) in [5.74, 6) is 0.104. The molecule has 0 aromatic rings.